The summed E-state index contributed by atoms with van der Waals surface area (Å²) >= 11 is 18.1. The molecule has 0 saturated carbocycles. The van der Waals surface area contributed by atoms with Crippen LogP contribution in [0, 0.1) is 11.3 Å². The summed E-state index contributed by atoms with van der Waals surface area (Å²) < 4.78 is 34.2. The Morgan fingerprint density at radius 1 is 0.923 bits per heavy atom. The number of halogens is 3. The second kappa shape index (κ2) is 12.5. The molecule has 1 amide bonds. The monoisotopic (exact) mass is 599 g/mol. The van der Waals surface area contributed by atoms with Crippen LogP contribution in [0.1, 0.15) is 17.1 Å². The number of nitriles is 1. The van der Waals surface area contributed by atoms with Crippen LogP contribution < -0.4 is 5.32 Å². The molecule has 1 aromatic heterocycles. The molecule has 0 saturated heterocycles. The van der Waals surface area contributed by atoms with Gasteiger partial charge in [-0.15, -0.1) is 0 Å². The number of carbonyl (C=O) groups excluding carboxylic acids is 1. The van der Waals surface area contributed by atoms with E-state index in [4.69, 9.17) is 39.2 Å². The molecular weight excluding hydrogens is 581 g/mol. The smallest absolute Gasteiger partial charge is 0.266 e. The third kappa shape index (κ3) is 7.30. The van der Waals surface area contributed by atoms with E-state index in [1.807, 2.05) is 6.07 Å². The standard InChI is InChI=1S/C28H20Cl3N3O4S/c29-21-7-11-25(12-8-21)39(36,37)34(17-19-6-13-26(30)27(31)14-19)18-24-10-9-23(38-24)15-20(16-32)28(35)33-22-4-2-1-3-5-22/h1-15H,17-18H2,(H,33,35)/b20-15-. The van der Waals surface area contributed by atoms with E-state index in [0.29, 0.717) is 32.1 Å². The molecule has 0 radical (unpaired) electrons. The Kier molecular flexibility index (Phi) is 9.12. The molecule has 0 unspecified atom stereocenters. The number of nitrogens with zero attached hydrogens (tertiary/aromatic N) is 2. The molecule has 11 heteroatoms. The normalized spacial score (nSPS) is 11.8. The first kappa shape index (κ1) is 28.4. The Hall–Kier alpha value is -3.58. The molecule has 4 aromatic rings. The number of sulfonamides is 1. The van der Waals surface area contributed by atoms with Crippen molar-refractivity contribution in [3.63, 3.8) is 0 Å². The minimum absolute atomic E-state index is 0.0311. The van der Waals surface area contributed by atoms with Gasteiger partial charge in [-0.3, -0.25) is 4.79 Å². The number of anilines is 1. The number of amides is 1. The molecule has 1 N–H and O–H groups in total. The van der Waals surface area contributed by atoms with Crippen molar-refractivity contribution in [1.82, 2.24) is 4.31 Å². The van der Waals surface area contributed by atoms with Gasteiger partial charge in [0.2, 0.25) is 10.0 Å². The lowest BCUT2D eigenvalue weighted by Crippen LogP contribution is -2.30. The SMILES string of the molecule is N#C/C(=C/c1ccc(CN(Cc2ccc(Cl)c(Cl)c2)S(=O)(=O)c2ccc(Cl)cc2)o1)C(=O)Nc1ccccc1. The maximum atomic E-state index is 13.6. The Labute approximate surface area is 240 Å². The molecule has 0 fully saturated rings. The predicted octanol–water partition coefficient (Wildman–Crippen LogP) is 7.18. The van der Waals surface area contributed by atoms with Gasteiger partial charge >= 0.3 is 0 Å². The molecule has 1 heterocycles. The zero-order valence-corrected chi connectivity index (χ0v) is 23.2. The average molecular weight is 601 g/mol. The summed E-state index contributed by atoms with van der Waals surface area (Å²) in [5, 5.41) is 13.2. The van der Waals surface area contributed by atoms with Crippen LogP contribution in [0.25, 0.3) is 6.08 Å². The molecule has 3 aromatic carbocycles. The highest BCUT2D eigenvalue weighted by molar-refractivity contribution is 7.89. The first-order chi connectivity index (χ1) is 18.7. The number of hydrogen-bond donors (Lipinski definition) is 1. The fourth-order valence-electron chi connectivity index (χ4n) is 3.56. The van der Waals surface area contributed by atoms with Gasteiger partial charge in [0.1, 0.15) is 23.2 Å². The highest BCUT2D eigenvalue weighted by Crippen LogP contribution is 2.27. The highest BCUT2D eigenvalue weighted by Gasteiger charge is 2.26. The lowest BCUT2D eigenvalue weighted by molar-refractivity contribution is -0.112. The summed E-state index contributed by atoms with van der Waals surface area (Å²) in [5.41, 5.74) is 0.966. The van der Waals surface area contributed by atoms with Crippen molar-refractivity contribution in [2.45, 2.75) is 18.0 Å². The second-order valence-corrected chi connectivity index (χ2v) is 11.5. The molecule has 0 aliphatic heterocycles. The van der Waals surface area contributed by atoms with Gasteiger partial charge in [0.25, 0.3) is 5.91 Å². The van der Waals surface area contributed by atoms with E-state index in [0.717, 1.165) is 0 Å². The number of para-hydroxylation sites is 1. The Morgan fingerprint density at radius 2 is 1.64 bits per heavy atom. The molecule has 0 bridgehead atoms. The zero-order valence-electron chi connectivity index (χ0n) is 20.1. The molecule has 39 heavy (non-hydrogen) atoms. The lowest BCUT2D eigenvalue weighted by atomic mass is 10.2. The fourth-order valence-corrected chi connectivity index (χ4v) is 5.41. The van der Waals surface area contributed by atoms with Crippen molar-refractivity contribution in [1.29, 1.82) is 5.26 Å². The van der Waals surface area contributed by atoms with Crippen LogP contribution in [-0.2, 0) is 27.9 Å². The number of nitrogens with one attached hydrogen (secondary N) is 1. The van der Waals surface area contributed by atoms with Crippen molar-refractivity contribution < 1.29 is 17.6 Å². The van der Waals surface area contributed by atoms with E-state index in [2.05, 4.69) is 5.32 Å². The molecule has 4 rings (SSSR count). The van der Waals surface area contributed by atoms with Crippen molar-refractivity contribution in [2.24, 2.45) is 0 Å². The maximum Gasteiger partial charge on any atom is 0.266 e. The molecule has 0 aliphatic rings. The van der Waals surface area contributed by atoms with Crippen LogP contribution in [0.5, 0.6) is 0 Å². The van der Waals surface area contributed by atoms with Gasteiger partial charge in [-0.05, 0) is 66.2 Å². The molecule has 0 spiro atoms. The Balaban J connectivity index is 1.60. The number of rotatable bonds is 9. The molecule has 7 nitrogen and oxygen atoms in total. The fraction of sp³-hybridized carbons (Fsp3) is 0.0714. The summed E-state index contributed by atoms with van der Waals surface area (Å²) in [6, 6.07) is 24.4. The highest BCUT2D eigenvalue weighted by atomic mass is 35.5. The van der Waals surface area contributed by atoms with Gasteiger partial charge in [0.05, 0.1) is 21.5 Å². The van der Waals surface area contributed by atoms with Crippen molar-refractivity contribution in [3.8, 4) is 6.07 Å². The van der Waals surface area contributed by atoms with Crippen LogP contribution in [0.15, 0.2) is 99.8 Å². The maximum absolute atomic E-state index is 13.6. The summed E-state index contributed by atoms with van der Waals surface area (Å²) in [6.07, 6.45) is 1.29. The van der Waals surface area contributed by atoms with Crippen molar-refractivity contribution in [3.05, 3.63) is 123 Å². The zero-order chi connectivity index (χ0) is 28.0. The van der Waals surface area contributed by atoms with Crippen molar-refractivity contribution >= 4 is 62.5 Å². The quantitative estimate of drug-likeness (QED) is 0.162. The minimum atomic E-state index is -4.00. The largest absolute Gasteiger partial charge is 0.460 e. The molecule has 0 aliphatic carbocycles. The first-order valence-corrected chi connectivity index (χ1v) is 14.0. The molecule has 0 atom stereocenters. The van der Waals surface area contributed by atoms with Gasteiger partial charge in [-0.1, -0.05) is 59.1 Å². The van der Waals surface area contributed by atoms with E-state index < -0.39 is 15.9 Å². The topological polar surface area (TPSA) is 103 Å². The summed E-state index contributed by atoms with van der Waals surface area (Å²) in [7, 11) is -4.00. The van der Waals surface area contributed by atoms with E-state index in [1.54, 1.807) is 60.7 Å². The van der Waals surface area contributed by atoms with Crippen LogP contribution >= 0.6 is 34.8 Å². The van der Waals surface area contributed by atoms with Gasteiger partial charge in [0, 0.05) is 23.3 Å². The van der Waals surface area contributed by atoms with E-state index in [-0.39, 0.29) is 29.3 Å². The average Bonchev–Trinajstić information content (AvgIpc) is 3.36. The predicted molar refractivity (Wildman–Crippen MR) is 152 cm³/mol. The molecular formula is C28H20Cl3N3O4S. The van der Waals surface area contributed by atoms with Crippen LogP contribution in [0.4, 0.5) is 5.69 Å². The third-order valence-electron chi connectivity index (χ3n) is 5.49. The second-order valence-electron chi connectivity index (χ2n) is 8.27. The van der Waals surface area contributed by atoms with E-state index >= 15 is 0 Å². The number of hydrogen-bond acceptors (Lipinski definition) is 5. The van der Waals surface area contributed by atoms with E-state index in [9.17, 15) is 18.5 Å². The summed E-state index contributed by atoms with van der Waals surface area (Å²) in [5.74, 6) is -0.101. The third-order valence-corrected chi connectivity index (χ3v) is 8.29. The van der Waals surface area contributed by atoms with Crippen molar-refractivity contribution in [2.75, 3.05) is 5.32 Å². The lowest BCUT2D eigenvalue weighted by Gasteiger charge is -2.22. The van der Waals surface area contributed by atoms with Gasteiger partial charge < -0.3 is 9.73 Å². The first-order valence-electron chi connectivity index (χ1n) is 11.4. The van der Waals surface area contributed by atoms with E-state index in [1.165, 1.54) is 34.6 Å². The van der Waals surface area contributed by atoms with Crippen LogP contribution in [0.3, 0.4) is 0 Å². The summed E-state index contributed by atoms with van der Waals surface area (Å²) in [4.78, 5) is 12.6. The summed E-state index contributed by atoms with van der Waals surface area (Å²) in [6.45, 7) is -0.173. The van der Waals surface area contributed by atoms with Crippen LogP contribution in [0.2, 0.25) is 15.1 Å². The Bertz CT molecular complexity index is 1660. The van der Waals surface area contributed by atoms with Gasteiger partial charge in [-0.25, -0.2) is 8.42 Å². The minimum Gasteiger partial charge on any atom is -0.460 e. The van der Waals surface area contributed by atoms with Gasteiger partial charge in [-0.2, -0.15) is 9.57 Å². The van der Waals surface area contributed by atoms with Crippen LogP contribution in [-0.4, -0.2) is 18.6 Å². The molecule has 198 valence electrons. The number of benzene rings is 3. The number of carbonyl (C=O) groups is 1. The van der Waals surface area contributed by atoms with Gasteiger partial charge in [0.15, 0.2) is 0 Å². The number of furan rings is 1. The Morgan fingerprint density at radius 3 is 2.31 bits per heavy atom.